The molecule has 0 aliphatic rings. The third kappa shape index (κ3) is 9.35. The van der Waals surface area contributed by atoms with E-state index in [4.69, 9.17) is 21.1 Å². The fourth-order valence-electron chi connectivity index (χ4n) is 2.57. The zero-order valence-electron chi connectivity index (χ0n) is 16.7. The maximum atomic E-state index is 6.20. The van der Waals surface area contributed by atoms with Crippen LogP contribution >= 0.6 is 36.4 Å². The molecule has 7 heteroatoms. The lowest BCUT2D eigenvalue weighted by Gasteiger charge is -2.14. The van der Waals surface area contributed by atoms with Crippen molar-refractivity contribution in [2.24, 2.45) is 0 Å². The van der Waals surface area contributed by atoms with Gasteiger partial charge in [-0.15, -0.1) is 24.8 Å². The number of rotatable bonds is 11. The van der Waals surface area contributed by atoms with E-state index < -0.39 is 0 Å². The molecule has 0 heterocycles. The number of nitrogens with one attached hydrogen (secondary N) is 1. The summed E-state index contributed by atoms with van der Waals surface area (Å²) in [6.45, 7) is 5.89. The van der Waals surface area contributed by atoms with Crippen LogP contribution in [0.15, 0.2) is 42.5 Å². The smallest absolute Gasteiger partial charge is 0.161 e. The zero-order valence-corrected chi connectivity index (χ0v) is 19.1. The first kappa shape index (κ1) is 26.8. The quantitative estimate of drug-likeness (QED) is 0.478. The summed E-state index contributed by atoms with van der Waals surface area (Å²) in [7, 11) is 4.19. The Hall–Kier alpha value is -1.17. The Kier molecular flexibility index (Phi) is 14.2. The minimum absolute atomic E-state index is 0. The summed E-state index contributed by atoms with van der Waals surface area (Å²) in [5.41, 5.74) is 2.15. The first-order chi connectivity index (χ1) is 12.6. The van der Waals surface area contributed by atoms with Gasteiger partial charge in [-0.3, -0.25) is 0 Å². The van der Waals surface area contributed by atoms with E-state index in [0.717, 1.165) is 43.1 Å². The van der Waals surface area contributed by atoms with Gasteiger partial charge in [0.25, 0.3) is 0 Å². The molecule has 0 spiro atoms. The van der Waals surface area contributed by atoms with E-state index in [2.05, 4.69) is 30.4 Å². The van der Waals surface area contributed by atoms with Crippen molar-refractivity contribution < 1.29 is 9.47 Å². The van der Waals surface area contributed by atoms with Crippen LogP contribution < -0.4 is 14.8 Å². The minimum Gasteiger partial charge on any atom is -0.490 e. The van der Waals surface area contributed by atoms with Gasteiger partial charge in [0.05, 0.1) is 6.61 Å². The van der Waals surface area contributed by atoms with Crippen molar-refractivity contribution in [1.82, 2.24) is 10.2 Å². The van der Waals surface area contributed by atoms with Gasteiger partial charge in [-0.05, 0) is 64.3 Å². The Labute approximate surface area is 186 Å². The third-order valence-corrected chi connectivity index (χ3v) is 4.31. The molecule has 0 unspecified atom stereocenters. The summed E-state index contributed by atoms with van der Waals surface area (Å²) in [5.74, 6) is 1.51. The SMILES string of the molecule is CCOc1cc(CNCCCN(C)C)ccc1OCc1ccccc1Cl.Cl.Cl. The number of halogens is 3. The lowest BCUT2D eigenvalue weighted by Crippen LogP contribution is -2.21. The Morgan fingerprint density at radius 2 is 1.75 bits per heavy atom. The molecule has 0 saturated carbocycles. The molecule has 0 saturated heterocycles. The monoisotopic (exact) mass is 448 g/mol. The van der Waals surface area contributed by atoms with Crippen molar-refractivity contribution in [2.75, 3.05) is 33.8 Å². The summed E-state index contributed by atoms with van der Waals surface area (Å²) in [6.07, 6.45) is 1.13. The molecular weight excluding hydrogens is 419 g/mol. The molecule has 0 aliphatic heterocycles. The molecule has 28 heavy (non-hydrogen) atoms. The maximum absolute atomic E-state index is 6.20. The van der Waals surface area contributed by atoms with Crippen LogP contribution in [0.1, 0.15) is 24.5 Å². The highest BCUT2D eigenvalue weighted by molar-refractivity contribution is 6.31. The molecule has 0 bridgehead atoms. The number of hydrogen-bond donors (Lipinski definition) is 1. The summed E-state index contributed by atoms with van der Waals surface area (Å²) >= 11 is 6.20. The van der Waals surface area contributed by atoms with Gasteiger partial charge in [-0.2, -0.15) is 0 Å². The fourth-order valence-corrected chi connectivity index (χ4v) is 2.76. The molecule has 2 rings (SSSR count). The molecule has 4 nitrogen and oxygen atoms in total. The predicted octanol–water partition coefficient (Wildman–Crippen LogP) is 5.20. The van der Waals surface area contributed by atoms with E-state index in [1.165, 1.54) is 5.56 Å². The molecule has 0 aromatic heterocycles. The van der Waals surface area contributed by atoms with Crippen LogP contribution in [0, 0.1) is 0 Å². The first-order valence-electron chi connectivity index (χ1n) is 9.07. The van der Waals surface area contributed by atoms with Crippen molar-refractivity contribution >= 4 is 36.4 Å². The molecule has 2 aromatic carbocycles. The van der Waals surface area contributed by atoms with Gasteiger partial charge < -0.3 is 19.7 Å². The largest absolute Gasteiger partial charge is 0.490 e. The molecular formula is C21H31Cl3N2O2. The molecule has 0 amide bonds. The van der Waals surface area contributed by atoms with Crippen LogP contribution in [-0.2, 0) is 13.2 Å². The second kappa shape index (κ2) is 14.8. The van der Waals surface area contributed by atoms with Crippen molar-refractivity contribution in [3.8, 4) is 11.5 Å². The van der Waals surface area contributed by atoms with E-state index in [0.29, 0.717) is 18.2 Å². The number of hydrogen-bond acceptors (Lipinski definition) is 4. The van der Waals surface area contributed by atoms with Crippen LogP contribution in [0.4, 0.5) is 0 Å². The van der Waals surface area contributed by atoms with Crippen LogP contribution in [0.3, 0.4) is 0 Å². The molecule has 0 radical (unpaired) electrons. The van der Waals surface area contributed by atoms with Crippen molar-refractivity contribution in [2.45, 2.75) is 26.5 Å². The summed E-state index contributed by atoms with van der Waals surface area (Å²) in [6, 6.07) is 13.8. The molecule has 158 valence electrons. The summed E-state index contributed by atoms with van der Waals surface area (Å²) in [4.78, 5) is 2.19. The highest BCUT2D eigenvalue weighted by Gasteiger charge is 2.08. The van der Waals surface area contributed by atoms with Gasteiger partial charge in [-0.25, -0.2) is 0 Å². The molecule has 1 N–H and O–H groups in total. The highest BCUT2D eigenvalue weighted by Crippen LogP contribution is 2.30. The predicted molar refractivity (Wildman–Crippen MR) is 123 cm³/mol. The zero-order chi connectivity index (χ0) is 18.8. The molecule has 0 fully saturated rings. The van der Waals surface area contributed by atoms with Gasteiger partial charge in [0.1, 0.15) is 6.61 Å². The highest BCUT2D eigenvalue weighted by atomic mass is 35.5. The Morgan fingerprint density at radius 3 is 2.43 bits per heavy atom. The van der Waals surface area contributed by atoms with Crippen molar-refractivity contribution in [3.05, 3.63) is 58.6 Å². The van der Waals surface area contributed by atoms with Gasteiger partial charge in [0.2, 0.25) is 0 Å². The van der Waals surface area contributed by atoms with Crippen LogP contribution in [0.2, 0.25) is 5.02 Å². The molecule has 2 aromatic rings. The maximum Gasteiger partial charge on any atom is 0.161 e. The lowest BCUT2D eigenvalue weighted by atomic mass is 10.2. The van der Waals surface area contributed by atoms with Crippen LogP contribution in [0.5, 0.6) is 11.5 Å². The molecule has 0 aliphatic carbocycles. The van der Waals surface area contributed by atoms with Gasteiger partial charge >= 0.3 is 0 Å². The Bertz CT molecular complexity index is 684. The standard InChI is InChI=1S/C21H29ClN2O2.2ClH/c1-4-25-21-14-17(15-23-12-7-13-24(2)3)10-11-20(21)26-16-18-8-5-6-9-19(18)22;;/h5-6,8-11,14,23H,4,7,12-13,15-16H2,1-3H3;2*1H. The number of nitrogens with zero attached hydrogens (tertiary/aromatic N) is 1. The van der Waals surface area contributed by atoms with E-state index in [1.54, 1.807) is 0 Å². The van der Waals surface area contributed by atoms with E-state index in [9.17, 15) is 0 Å². The minimum atomic E-state index is 0. The number of ether oxygens (including phenoxy) is 2. The molecule has 0 atom stereocenters. The van der Waals surface area contributed by atoms with E-state index in [-0.39, 0.29) is 24.8 Å². The third-order valence-electron chi connectivity index (χ3n) is 3.94. The summed E-state index contributed by atoms with van der Waals surface area (Å²) < 4.78 is 11.7. The van der Waals surface area contributed by atoms with E-state index in [1.807, 2.05) is 43.3 Å². The van der Waals surface area contributed by atoms with E-state index >= 15 is 0 Å². The topological polar surface area (TPSA) is 33.7 Å². The van der Waals surface area contributed by atoms with Gasteiger partial charge in [0.15, 0.2) is 11.5 Å². The lowest BCUT2D eigenvalue weighted by molar-refractivity contribution is 0.269. The van der Waals surface area contributed by atoms with Crippen molar-refractivity contribution in [1.29, 1.82) is 0 Å². The average molecular weight is 450 g/mol. The Morgan fingerprint density at radius 1 is 1.00 bits per heavy atom. The normalized spacial score (nSPS) is 10.2. The number of benzene rings is 2. The Balaban J connectivity index is 0.00000364. The van der Waals surface area contributed by atoms with Crippen LogP contribution in [0.25, 0.3) is 0 Å². The van der Waals surface area contributed by atoms with Gasteiger partial charge in [0, 0.05) is 17.1 Å². The van der Waals surface area contributed by atoms with Gasteiger partial charge in [-0.1, -0.05) is 35.9 Å². The second-order valence-corrected chi connectivity index (χ2v) is 6.83. The average Bonchev–Trinajstić information content (AvgIpc) is 2.62. The van der Waals surface area contributed by atoms with Crippen LogP contribution in [-0.4, -0.2) is 38.7 Å². The first-order valence-corrected chi connectivity index (χ1v) is 9.45. The van der Waals surface area contributed by atoms with Crippen molar-refractivity contribution in [3.63, 3.8) is 0 Å². The fraction of sp³-hybridized carbons (Fsp3) is 0.429. The summed E-state index contributed by atoms with van der Waals surface area (Å²) in [5, 5.41) is 4.18. The second-order valence-electron chi connectivity index (χ2n) is 6.43.